The van der Waals surface area contributed by atoms with Gasteiger partial charge in [-0.05, 0) is 111 Å². The Morgan fingerprint density at radius 3 is 2.58 bits per heavy atom. The molecule has 0 amide bonds. The lowest BCUT2D eigenvalue weighted by molar-refractivity contribution is -0.384. The topological polar surface area (TPSA) is 88.2 Å². The summed E-state index contributed by atoms with van der Waals surface area (Å²) in [5, 5.41) is 29.7. The molecule has 7 nitrogen and oxygen atoms in total. The Kier molecular flexibility index (Phi) is 7.15. The molecule has 228 valence electrons. The number of rotatable bonds is 6. The second-order valence-electron chi connectivity index (χ2n) is 14.2. The Bertz CT molecular complexity index is 1450. The number of ether oxygens (including phenoxy) is 1. The van der Waals surface area contributed by atoms with E-state index in [4.69, 9.17) is 9.84 Å². The van der Waals surface area contributed by atoms with Crippen LogP contribution >= 0.6 is 0 Å². The number of hydrogen-bond donors (Lipinski definition) is 1. The lowest BCUT2D eigenvalue weighted by Crippen LogP contribution is -2.51. The van der Waals surface area contributed by atoms with E-state index in [-0.39, 0.29) is 33.6 Å². The van der Waals surface area contributed by atoms with Crippen molar-refractivity contribution >= 4 is 17.1 Å². The predicted octanol–water partition coefficient (Wildman–Crippen LogP) is 8.24. The van der Waals surface area contributed by atoms with Crippen LogP contribution < -0.4 is 9.75 Å². The molecule has 3 saturated carbocycles. The molecule has 8 atom stereocenters. The van der Waals surface area contributed by atoms with Crippen LogP contribution in [0.5, 0.6) is 5.75 Å². The van der Waals surface area contributed by atoms with E-state index < -0.39 is 0 Å². The van der Waals surface area contributed by atoms with Crippen molar-refractivity contribution in [2.24, 2.45) is 39.6 Å². The Morgan fingerprint density at radius 2 is 1.81 bits per heavy atom. The van der Waals surface area contributed by atoms with Crippen LogP contribution in [0, 0.1) is 44.6 Å². The molecule has 3 fully saturated rings. The quantitative estimate of drug-likeness (QED) is 0.210. The van der Waals surface area contributed by atoms with Gasteiger partial charge >= 0.3 is 0 Å². The van der Waals surface area contributed by atoms with Gasteiger partial charge in [-0.25, -0.2) is 0 Å². The average molecular weight is 584 g/mol. The van der Waals surface area contributed by atoms with E-state index in [9.17, 15) is 15.2 Å². The number of benzene rings is 2. The van der Waals surface area contributed by atoms with Crippen molar-refractivity contribution in [1.82, 2.24) is 0 Å². The third-order valence-corrected chi connectivity index (χ3v) is 12.3. The van der Waals surface area contributed by atoms with Gasteiger partial charge in [-0.1, -0.05) is 49.8 Å². The van der Waals surface area contributed by atoms with E-state index in [0.29, 0.717) is 36.0 Å². The number of aliphatic hydroxyl groups is 1. The van der Waals surface area contributed by atoms with Gasteiger partial charge in [0.1, 0.15) is 11.4 Å². The molecule has 2 aromatic carbocycles. The van der Waals surface area contributed by atoms with Crippen molar-refractivity contribution in [3.8, 4) is 5.75 Å². The summed E-state index contributed by atoms with van der Waals surface area (Å²) in [6.07, 6.45) is 11.9. The predicted molar refractivity (Wildman–Crippen MR) is 169 cm³/mol. The molecule has 7 heteroatoms. The summed E-state index contributed by atoms with van der Waals surface area (Å²) >= 11 is 0. The molecule has 0 bridgehead atoms. The zero-order valence-corrected chi connectivity index (χ0v) is 25.7. The number of allylic oxidation sites excluding steroid dienone is 1. The maximum absolute atomic E-state index is 12.1. The van der Waals surface area contributed by atoms with Gasteiger partial charge in [0.2, 0.25) is 0 Å². The number of hydrogen-bond acceptors (Lipinski definition) is 6. The van der Waals surface area contributed by atoms with Crippen molar-refractivity contribution in [1.29, 1.82) is 0 Å². The number of hydrazone groups is 1. The summed E-state index contributed by atoms with van der Waals surface area (Å²) in [6, 6.07) is 15.1. The van der Waals surface area contributed by atoms with Crippen LogP contribution in [0.25, 0.3) is 0 Å². The molecule has 0 aromatic heterocycles. The minimum Gasteiger partial charge on any atom is -0.494 e. The number of aliphatic hydroxyl groups excluding tert-OH is 1. The standard InChI is InChI=1S/C36H45N3O4/c1-4-43-26-12-9-23(10-13-26)34-22-31(37-38(34)32-7-5-6-8-33(32)39(41)42)30-16-15-28-27-14-11-24-21-25(40)17-19-35(24,2)29(27)18-20-36(28,30)3/h5-13,25,27-30,34,40H,4,14-22H2,1-3H3/t25-,27-,28-,29-,30+,34?,35-,36-/m0/s1. The first-order chi connectivity index (χ1) is 20.7. The molecule has 0 saturated heterocycles. The summed E-state index contributed by atoms with van der Waals surface area (Å²) in [4.78, 5) is 11.8. The van der Waals surface area contributed by atoms with Gasteiger partial charge in [-0.15, -0.1) is 0 Å². The van der Waals surface area contributed by atoms with Gasteiger partial charge < -0.3 is 9.84 Å². The van der Waals surface area contributed by atoms with Gasteiger partial charge in [-0.3, -0.25) is 15.1 Å². The monoisotopic (exact) mass is 583 g/mol. The van der Waals surface area contributed by atoms with Crippen LogP contribution in [0.2, 0.25) is 0 Å². The Hall–Kier alpha value is -3.19. The van der Waals surface area contributed by atoms with Crippen LogP contribution in [0.3, 0.4) is 0 Å². The maximum Gasteiger partial charge on any atom is 0.294 e. The van der Waals surface area contributed by atoms with Gasteiger partial charge in [0, 0.05) is 24.1 Å². The van der Waals surface area contributed by atoms with Crippen LogP contribution in [-0.2, 0) is 0 Å². The van der Waals surface area contributed by atoms with E-state index in [1.165, 1.54) is 30.5 Å². The molecule has 1 aliphatic heterocycles. The maximum atomic E-state index is 12.1. The van der Waals surface area contributed by atoms with Crippen LogP contribution in [0.15, 0.2) is 65.3 Å². The zero-order chi connectivity index (χ0) is 29.9. The smallest absolute Gasteiger partial charge is 0.294 e. The van der Waals surface area contributed by atoms with Crippen molar-refractivity contribution in [2.75, 3.05) is 11.6 Å². The summed E-state index contributed by atoms with van der Waals surface area (Å²) < 4.78 is 5.70. The Morgan fingerprint density at radius 1 is 1.02 bits per heavy atom. The fraction of sp³-hybridized carbons (Fsp3) is 0.583. The molecule has 0 spiro atoms. The van der Waals surface area contributed by atoms with Crippen molar-refractivity contribution in [2.45, 2.75) is 90.7 Å². The van der Waals surface area contributed by atoms with E-state index in [1.807, 2.05) is 36.2 Å². The third-order valence-electron chi connectivity index (χ3n) is 12.3. The lowest BCUT2D eigenvalue weighted by Gasteiger charge is -2.58. The summed E-state index contributed by atoms with van der Waals surface area (Å²) in [5.74, 6) is 3.24. The first kappa shape index (κ1) is 28.6. The molecule has 5 aliphatic rings. The average Bonchev–Trinajstić information content (AvgIpc) is 3.59. The van der Waals surface area contributed by atoms with E-state index in [0.717, 1.165) is 49.8 Å². The van der Waals surface area contributed by atoms with Crippen molar-refractivity contribution < 1.29 is 14.8 Å². The third kappa shape index (κ3) is 4.61. The molecule has 2 aromatic rings. The Labute approximate surface area is 255 Å². The molecule has 7 rings (SSSR count). The number of para-hydroxylation sites is 2. The first-order valence-electron chi connectivity index (χ1n) is 16.4. The Balaban J connectivity index is 1.21. The number of nitrogens with zero attached hydrogens (tertiary/aromatic N) is 3. The molecular weight excluding hydrogens is 538 g/mol. The SMILES string of the molecule is CCOc1ccc(C2CC([C@H]3CC[C@H]4[C@@H]5CC=C6C[C@@H](O)CC[C@]6(C)[C@H]5CC[C@]34C)=NN2c2ccccc2[N+](=O)[O-])cc1. The molecule has 1 heterocycles. The normalized spacial score (nSPS) is 36.7. The molecule has 1 unspecified atom stereocenters. The highest BCUT2D eigenvalue weighted by Gasteiger charge is 2.60. The first-order valence-corrected chi connectivity index (χ1v) is 16.4. The molecular formula is C36H45N3O4. The highest BCUT2D eigenvalue weighted by atomic mass is 16.6. The second kappa shape index (κ2) is 10.8. The molecule has 4 aliphatic carbocycles. The van der Waals surface area contributed by atoms with Crippen molar-refractivity contribution in [3.63, 3.8) is 0 Å². The van der Waals surface area contributed by atoms with Crippen molar-refractivity contribution in [3.05, 3.63) is 75.9 Å². The van der Waals surface area contributed by atoms with E-state index in [2.05, 4.69) is 32.1 Å². The van der Waals surface area contributed by atoms with Crippen LogP contribution in [0.4, 0.5) is 11.4 Å². The fourth-order valence-electron chi connectivity index (χ4n) is 10.2. The molecule has 43 heavy (non-hydrogen) atoms. The van der Waals surface area contributed by atoms with Gasteiger partial charge in [0.25, 0.3) is 5.69 Å². The van der Waals surface area contributed by atoms with Gasteiger partial charge in [0.15, 0.2) is 0 Å². The fourth-order valence-corrected chi connectivity index (χ4v) is 10.2. The minimum atomic E-state index is -0.290. The van der Waals surface area contributed by atoms with Crippen LogP contribution in [0.1, 0.15) is 90.2 Å². The van der Waals surface area contributed by atoms with Crippen LogP contribution in [-0.4, -0.2) is 28.5 Å². The highest BCUT2D eigenvalue weighted by molar-refractivity contribution is 5.92. The summed E-state index contributed by atoms with van der Waals surface area (Å²) in [5.41, 5.74) is 4.88. The zero-order valence-electron chi connectivity index (χ0n) is 25.7. The molecule has 1 N–H and O–H groups in total. The number of fused-ring (bicyclic) bond motifs is 5. The number of nitro groups is 1. The summed E-state index contributed by atoms with van der Waals surface area (Å²) in [7, 11) is 0. The summed E-state index contributed by atoms with van der Waals surface area (Å²) in [6.45, 7) is 7.61. The van der Waals surface area contributed by atoms with E-state index >= 15 is 0 Å². The minimum absolute atomic E-state index is 0.0927. The lowest BCUT2D eigenvalue weighted by atomic mass is 9.47. The highest BCUT2D eigenvalue weighted by Crippen LogP contribution is 2.67. The largest absolute Gasteiger partial charge is 0.494 e. The second-order valence-corrected chi connectivity index (χ2v) is 14.2. The van der Waals surface area contributed by atoms with E-state index in [1.54, 1.807) is 12.1 Å². The van der Waals surface area contributed by atoms with Gasteiger partial charge in [0.05, 0.1) is 23.7 Å². The molecule has 0 radical (unpaired) electrons. The van der Waals surface area contributed by atoms with Gasteiger partial charge in [-0.2, -0.15) is 5.10 Å². The number of anilines is 1. The number of nitro benzene ring substituents is 1.